The number of hydrogen-bond acceptors (Lipinski definition) is 7. The van der Waals surface area contributed by atoms with Crippen molar-refractivity contribution in [2.24, 2.45) is 0 Å². The van der Waals surface area contributed by atoms with Gasteiger partial charge in [0.15, 0.2) is 0 Å². The molecule has 0 radical (unpaired) electrons. The molecule has 4 aromatic rings. The Morgan fingerprint density at radius 3 is 2.50 bits per heavy atom. The molecule has 8 nitrogen and oxygen atoms in total. The van der Waals surface area contributed by atoms with E-state index in [1.165, 1.54) is 23.5 Å². The second kappa shape index (κ2) is 8.17. The third-order valence-electron chi connectivity index (χ3n) is 4.28. The molecule has 2 aromatic heterocycles. The zero-order valence-corrected chi connectivity index (χ0v) is 17.5. The second-order valence-electron chi connectivity index (χ2n) is 6.56. The van der Waals surface area contributed by atoms with Crippen LogP contribution in [0.15, 0.2) is 71.5 Å². The number of thiazole rings is 1. The maximum absolute atomic E-state index is 12.7. The molecule has 2 aromatic carbocycles. The lowest BCUT2D eigenvalue weighted by atomic mass is 10.1. The van der Waals surface area contributed by atoms with E-state index in [0.717, 1.165) is 16.4 Å². The highest BCUT2D eigenvalue weighted by molar-refractivity contribution is 7.90. The van der Waals surface area contributed by atoms with Crippen LogP contribution in [0.5, 0.6) is 0 Å². The fourth-order valence-corrected chi connectivity index (χ4v) is 4.66. The summed E-state index contributed by atoms with van der Waals surface area (Å²) < 4.78 is 29.2. The molecule has 0 saturated heterocycles. The molecule has 1 amide bonds. The Hall–Kier alpha value is -3.37. The van der Waals surface area contributed by atoms with Crippen LogP contribution in [0.25, 0.3) is 16.3 Å². The predicted octanol–water partition coefficient (Wildman–Crippen LogP) is 2.75. The molecule has 0 saturated carbocycles. The summed E-state index contributed by atoms with van der Waals surface area (Å²) in [5.74, 6) is -0.609. The van der Waals surface area contributed by atoms with E-state index in [-0.39, 0.29) is 11.3 Å². The quantitative estimate of drug-likeness (QED) is 0.495. The van der Waals surface area contributed by atoms with Crippen LogP contribution >= 0.6 is 11.3 Å². The van der Waals surface area contributed by atoms with Crippen LogP contribution in [0.3, 0.4) is 0 Å². The minimum atomic E-state index is -3.99. The van der Waals surface area contributed by atoms with Crippen LogP contribution in [0.4, 0.5) is 0 Å². The number of aromatic nitrogens is 4. The molecule has 0 atom stereocenters. The average molecular weight is 440 g/mol. The molecule has 0 aliphatic carbocycles. The van der Waals surface area contributed by atoms with Crippen molar-refractivity contribution in [3.05, 3.63) is 77.8 Å². The van der Waals surface area contributed by atoms with Crippen molar-refractivity contribution in [1.29, 1.82) is 0 Å². The number of amides is 1. The first-order valence-corrected chi connectivity index (χ1v) is 11.3. The first-order valence-electron chi connectivity index (χ1n) is 8.93. The Labute approximate surface area is 177 Å². The van der Waals surface area contributed by atoms with Crippen LogP contribution < -0.4 is 4.72 Å². The maximum atomic E-state index is 12.7. The molecule has 0 aliphatic heterocycles. The number of rotatable bonds is 6. The average Bonchev–Trinajstić information content (AvgIpc) is 3.40. The number of aryl methyl sites for hydroxylation is 1. The smallest absolute Gasteiger partial charge is 0.264 e. The number of nitrogens with one attached hydrogen (secondary N) is 1. The van der Waals surface area contributed by atoms with Gasteiger partial charge < -0.3 is 0 Å². The normalized spacial score (nSPS) is 11.4. The Morgan fingerprint density at radius 1 is 1.10 bits per heavy atom. The summed E-state index contributed by atoms with van der Waals surface area (Å²) in [6, 6.07) is 13.5. The molecule has 30 heavy (non-hydrogen) atoms. The van der Waals surface area contributed by atoms with Gasteiger partial charge in [-0.3, -0.25) is 9.36 Å². The summed E-state index contributed by atoms with van der Waals surface area (Å²) in [6.07, 6.45) is 3.07. The largest absolute Gasteiger partial charge is 0.288 e. The van der Waals surface area contributed by atoms with Crippen molar-refractivity contribution in [2.45, 2.75) is 18.2 Å². The van der Waals surface area contributed by atoms with Gasteiger partial charge in [-0.2, -0.15) is 0 Å². The lowest BCUT2D eigenvalue weighted by molar-refractivity contribution is -0.118. The number of sulfonamides is 1. The fourth-order valence-electron chi connectivity index (χ4n) is 2.83. The Balaban J connectivity index is 1.46. The van der Waals surface area contributed by atoms with Crippen LogP contribution in [0.2, 0.25) is 0 Å². The Morgan fingerprint density at radius 2 is 1.83 bits per heavy atom. The SMILES string of the molecule is Cc1csc(-c2cccc(S(=O)(=O)NC(=O)Cc3ccc(-n4cnnc4)cc3)c2)n1. The minimum Gasteiger partial charge on any atom is -0.288 e. The van der Waals surface area contributed by atoms with Crippen molar-refractivity contribution in [2.75, 3.05) is 0 Å². The zero-order valence-electron chi connectivity index (χ0n) is 15.9. The predicted molar refractivity (Wildman–Crippen MR) is 113 cm³/mol. The van der Waals surface area contributed by atoms with E-state index in [1.807, 2.05) is 12.3 Å². The zero-order chi connectivity index (χ0) is 21.1. The summed E-state index contributed by atoms with van der Waals surface area (Å²) in [5, 5.41) is 10.1. The standard InChI is InChI=1S/C20H17N5O3S2/c1-14-11-29-20(23-14)16-3-2-4-18(10-16)30(27,28)24-19(26)9-15-5-7-17(8-6-15)25-12-21-22-13-25/h2-8,10-13H,9H2,1H3,(H,24,26). The Kier molecular flexibility index (Phi) is 5.42. The minimum absolute atomic E-state index is 0.0177. The van der Waals surface area contributed by atoms with E-state index < -0.39 is 15.9 Å². The topological polar surface area (TPSA) is 107 Å². The Bertz CT molecular complexity index is 1280. The summed E-state index contributed by atoms with van der Waals surface area (Å²) in [6.45, 7) is 1.87. The number of hydrogen-bond donors (Lipinski definition) is 1. The van der Waals surface area contributed by atoms with E-state index in [4.69, 9.17) is 0 Å². The van der Waals surface area contributed by atoms with Gasteiger partial charge in [-0.15, -0.1) is 21.5 Å². The van der Waals surface area contributed by atoms with Crippen LogP contribution in [0.1, 0.15) is 11.3 Å². The molecular formula is C20H17N5O3S2. The second-order valence-corrected chi connectivity index (χ2v) is 9.10. The van der Waals surface area contributed by atoms with Gasteiger partial charge in [0.25, 0.3) is 10.0 Å². The summed E-state index contributed by atoms with van der Waals surface area (Å²) in [7, 11) is -3.99. The van der Waals surface area contributed by atoms with Crippen molar-refractivity contribution < 1.29 is 13.2 Å². The van der Waals surface area contributed by atoms with Crippen molar-refractivity contribution in [3.63, 3.8) is 0 Å². The highest BCUT2D eigenvalue weighted by atomic mass is 32.2. The molecule has 0 spiro atoms. The van der Waals surface area contributed by atoms with E-state index in [1.54, 1.807) is 53.6 Å². The maximum Gasteiger partial charge on any atom is 0.264 e. The molecule has 0 unspecified atom stereocenters. The molecule has 4 rings (SSSR count). The fraction of sp³-hybridized carbons (Fsp3) is 0.100. The highest BCUT2D eigenvalue weighted by Gasteiger charge is 2.19. The van der Waals surface area contributed by atoms with Gasteiger partial charge >= 0.3 is 0 Å². The molecule has 1 N–H and O–H groups in total. The van der Waals surface area contributed by atoms with Gasteiger partial charge in [0, 0.05) is 22.3 Å². The van der Waals surface area contributed by atoms with Crippen LogP contribution in [0, 0.1) is 6.92 Å². The van der Waals surface area contributed by atoms with Gasteiger partial charge in [0.05, 0.1) is 11.3 Å². The van der Waals surface area contributed by atoms with Gasteiger partial charge in [-0.05, 0) is 36.8 Å². The summed E-state index contributed by atoms with van der Waals surface area (Å²) >= 11 is 1.43. The molecular weight excluding hydrogens is 422 g/mol. The number of carbonyl (C=O) groups is 1. The highest BCUT2D eigenvalue weighted by Crippen LogP contribution is 2.25. The van der Waals surface area contributed by atoms with E-state index in [9.17, 15) is 13.2 Å². The molecule has 10 heteroatoms. The molecule has 152 valence electrons. The van der Waals surface area contributed by atoms with E-state index >= 15 is 0 Å². The van der Waals surface area contributed by atoms with Gasteiger partial charge in [-0.1, -0.05) is 24.3 Å². The van der Waals surface area contributed by atoms with Crippen LogP contribution in [-0.2, 0) is 21.2 Å². The lowest BCUT2D eigenvalue weighted by Crippen LogP contribution is -2.31. The van der Waals surface area contributed by atoms with Gasteiger partial charge in [-0.25, -0.2) is 18.1 Å². The van der Waals surface area contributed by atoms with Crippen molar-refractivity contribution in [1.82, 2.24) is 24.5 Å². The van der Waals surface area contributed by atoms with E-state index in [0.29, 0.717) is 11.1 Å². The molecule has 0 aliphatic rings. The van der Waals surface area contributed by atoms with Crippen LogP contribution in [-0.4, -0.2) is 34.1 Å². The summed E-state index contributed by atoms with van der Waals surface area (Å²) in [4.78, 5) is 16.7. The van der Waals surface area contributed by atoms with E-state index in [2.05, 4.69) is 19.9 Å². The monoisotopic (exact) mass is 439 g/mol. The first-order chi connectivity index (χ1) is 14.4. The lowest BCUT2D eigenvalue weighted by Gasteiger charge is -2.09. The van der Waals surface area contributed by atoms with Gasteiger partial charge in [0.2, 0.25) is 5.91 Å². The molecule has 0 fully saturated rings. The number of benzene rings is 2. The molecule has 0 bridgehead atoms. The first kappa shape index (κ1) is 19.9. The van der Waals surface area contributed by atoms with Crippen molar-refractivity contribution >= 4 is 27.3 Å². The third kappa shape index (κ3) is 4.44. The van der Waals surface area contributed by atoms with Gasteiger partial charge in [0.1, 0.15) is 17.7 Å². The third-order valence-corrected chi connectivity index (χ3v) is 6.66. The van der Waals surface area contributed by atoms with Crippen molar-refractivity contribution in [3.8, 4) is 16.3 Å². The summed E-state index contributed by atoms with van der Waals surface area (Å²) in [5.41, 5.74) is 3.08. The number of nitrogens with zero attached hydrogens (tertiary/aromatic N) is 4. The molecule has 2 heterocycles. The number of carbonyl (C=O) groups excluding carboxylic acids is 1.